The summed E-state index contributed by atoms with van der Waals surface area (Å²) in [4.78, 5) is 28.4. The summed E-state index contributed by atoms with van der Waals surface area (Å²) >= 11 is 1.19. The first-order valence-electron chi connectivity index (χ1n) is 9.02. The topological polar surface area (TPSA) is 49.4 Å². The summed E-state index contributed by atoms with van der Waals surface area (Å²) in [6.07, 6.45) is 0. The molecule has 3 aromatic carbocycles. The van der Waals surface area contributed by atoms with Crippen molar-refractivity contribution < 1.29 is 14.0 Å². The lowest BCUT2D eigenvalue weighted by atomic mass is 10.2. The van der Waals surface area contributed by atoms with Crippen LogP contribution < -0.4 is 5.32 Å². The van der Waals surface area contributed by atoms with E-state index in [-0.39, 0.29) is 22.8 Å². The zero-order valence-electron chi connectivity index (χ0n) is 15.3. The average Bonchev–Trinajstić information content (AvgIpc) is 2.96. The van der Waals surface area contributed by atoms with Gasteiger partial charge in [-0.05, 0) is 29.8 Å². The van der Waals surface area contributed by atoms with Crippen molar-refractivity contribution in [1.82, 2.24) is 4.90 Å². The molecule has 2 amide bonds. The van der Waals surface area contributed by atoms with Crippen molar-refractivity contribution in [2.45, 2.75) is 11.4 Å². The fraction of sp³-hybridized carbons (Fsp3) is 0.0435. The molecule has 0 radical (unpaired) electrons. The minimum atomic E-state index is -0.495. The van der Waals surface area contributed by atoms with Crippen LogP contribution in [-0.2, 0) is 16.1 Å². The molecule has 6 heteroatoms. The van der Waals surface area contributed by atoms with E-state index in [9.17, 15) is 14.0 Å². The van der Waals surface area contributed by atoms with Crippen molar-refractivity contribution in [3.8, 4) is 0 Å². The minimum Gasteiger partial charge on any atom is -0.348 e. The maximum atomic E-state index is 14.2. The van der Waals surface area contributed by atoms with E-state index in [1.165, 1.54) is 28.8 Å². The van der Waals surface area contributed by atoms with Crippen LogP contribution in [0.15, 0.2) is 100 Å². The van der Waals surface area contributed by atoms with Gasteiger partial charge in [0.2, 0.25) is 0 Å². The zero-order valence-corrected chi connectivity index (χ0v) is 16.2. The van der Waals surface area contributed by atoms with Crippen molar-refractivity contribution in [2.75, 3.05) is 5.32 Å². The first-order valence-corrected chi connectivity index (χ1v) is 9.84. The van der Waals surface area contributed by atoms with Crippen LogP contribution in [0.25, 0.3) is 0 Å². The number of carbonyl (C=O) groups is 2. The second-order valence-electron chi connectivity index (χ2n) is 6.41. The van der Waals surface area contributed by atoms with Crippen LogP contribution in [0.5, 0.6) is 0 Å². The fourth-order valence-corrected chi connectivity index (χ4v) is 3.94. The first-order chi connectivity index (χ1) is 14.1. The molecule has 0 unspecified atom stereocenters. The van der Waals surface area contributed by atoms with Crippen molar-refractivity contribution in [1.29, 1.82) is 0 Å². The molecule has 29 heavy (non-hydrogen) atoms. The predicted octanol–water partition coefficient (Wildman–Crippen LogP) is 4.81. The lowest BCUT2D eigenvalue weighted by Gasteiger charge is -2.15. The number of thioether (sulfide) groups is 1. The molecule has 144 valence electrons. The number of para-hydroxylation sites is 1. The quantitative estimate of drug-likeness (QED) is 0.599. The molecule has 0 aliphatic carbocycles. The normalized spacial score (nSPS) is 13.9. The molecule has 0 bridgehead atoms. The summed E-state index contributed by atoms with van der Waals surface area (Å²) in [5.74, 6) is -1.36. The number of nitrogens with zero attached hydrogens (tertiary/aromatic N) is 1. The highest BCUT2D eigenvalue weighted by atomic mass is 32.2. The van der Waals surface area contributed by atoms with Gasteiger partial charge in [-0.1, -0.05) is 72.4 Å². The van der Waals surface area contributed by atoms with Gasteiger partial charge in [-0.15, -0.1) is 0 Å². The van der Waals surface area contributed by atoms with Crippen LogP contribution in [0, 0.1) is 5.82 Å². The monoisotopic (exact) mass is 404 g/mol. The zero-order chi connectivity index (χ0) is 20.2. The van der Waals surface area contributed by atoms with Gasteiger partial charge >= 0.3 is 0 Å². The number of amides is 2. The molecule has 0 saturated carbocycles. The van der Waals surface area contributed by atoms with Crippen molar-refractivity contribution in [3.63, 3.8) is 0 Å². The third-order valence-corrected chi connectivity index (χ3v) is 5.50. The maximum absolute atomic E-state index is 14.2. The van der Waals surface area contributed by atoms with Gasteiger partial charge in [-0.2, -0.15) is 0 Å². The lowest BCUT2D eigenvalue weighted by molar-refractivity contribution is -0.137. The summed E-state index contributed by atoms with van der Waals surface area (Å²) in [6, 6.07) is 24.7. The first kappa shape index (κ1) is 19.0. The van der Waals surface area contributed by atoms with E-state index in [2.05, 4.69) is 5.32 Å². The Balaban J connectivity index is 1.69. The largest absolute Gasteiger partial charge is 0.348 e. The van der Waals surface area contributed by atoms with Gasteiger partial charge in [0.05, 0.1) is 12.2 Å². The highest BCUT2D eigenvalue weighted by Gasteiger charge is 2.39. The van der Waals surface area contributed by atoms with Gasteiger partial charge in [0.15, 0.2) is 0 Å². The number of halogens is 1. The molecule has 0 saturated heterocycles. The van der Waals surface area contributed by atoms with Gasteiger partial charge in [-0.3, -0.25) is 14.5 Å². The molecule has 1 aliphatic heterocycles. The molecule has 3 aromatic rings. The van der Waals surface area contributed by atoms with Crippen LogP contribution >= 0.6 is 11.8 Å². The molecule has 4 rings (SSSR count). The number of anilines is 1. The maximum Gasteiger partial charge on any atom is 0.278 e. The lowest BCUT2D eigenvalue weighted by Crippen LogP contribution is -2.32. The summed E-state index contributed by atoms with van der Waals surface area (Å²) < 4.78 is 14.2. The SMILES string of the molecule is O=C1C(Nc2ccccc2F)=C(Sc2ccccc2)C(=O)N1Cc1ccccc1. The Morgan fingerprint density at radius 1 is 0.793 bits per heavy atom. The Labute approximate surface area is 172 Å². The van der Waals surface area contributed by atoms with Gasteiger partial charge in [0.25, 0.3) is 11.8 Å². The Morgan fingerprint density at radius 2 is 1.41 bits per heavy atom. The molecule has 0 spiro atoms. The summed E-state index contributed by atoms with van der Waals surface area (Å²) in [5, 5.41) is 2.85. The molecule has 1 aliphatic rings. The van der Waals surface area contributed by atoms with Gasteiger partial charge in [0.1, 0.15) is 16.4 Å². The van der Waals surface area contributed by atoms with Crippen LogP contribution in [0.2, 0.25) is 0 Å². The van der Waals surface area contributed by atoms with Crippen molar-refractivity contribution in [3.05, 3.63) is 107 Å². The second-order valence-corrected chi connectivity index (χ2v) is 7.49. The van der Waals surface area contributed by atoms with Crippen LogP contribution in [-0.4, -0.2) is 16.7 Å². The van der Waals surface area contributed by atoms with Gasteiger partial charge < -0.3 is 5.32 Å². The van der Waals surface area contributed by atoms with E-state index < -0.39 is 17.6 Å². The highest BCUT2D eigenvalue weighted by molar-refractivity contribution is 8.04. The van der Waals surface area contributed by atoms with Crippen LogP contribution in [0.1, 0.15) is 5.56 Å². The Hall–Kier alpha value is -3.38. The molecular formula is C23H17FN2O2S. The smallest absolute Gasteiger partial charge is 0.278 e. The number of hydrogen-bond donors (Lipinski definition) is 1. The summed E-state index contributed by atoms with van der Waals surface area (Å²) in [7, 11) is 0. The number of nitrogens with one attached hydrogen (secondary N) is 1. The number of rotatable bonds is 6. The van der Waals surface area contributed by atoms with Gasteiger partial charge in [-0.25, -0.2) is 4.39 Å². The molecule has 0 atom stereocenters. The molecule has 0 fully saturated rings. The van der Waals surface area contributed by atoms with E-state index in [4.69, 9.17) is 0 Å². The standard InChI is InChI=1S/C23H17FN2O2S/c24-18-13-7-8-14-19(18)25-20-21(29-17-11-5-2-6-12-17)23(28)26(22(20)27)15-16-9-3-1-4-10-16/h1-14,25H,15H2. The predicted molar refractivity (Wildman–Crippen MR) is 111 cm³/mol. The number of benzene rings is 3. The fourth-order valence-electron chi connectivity index (χ4n) is 2.97. The third-order valence-electron chi connectivity index (χ3n) is 4.41. The third kappa shape index (κ3) is 4.07. The Kier molecular flexibility index (Phi) is 5.44. The molecule has 1 N–H and O–H groups in total. The molecule has 1 heterocycles. The van der Waals surface area contributed by atoms with E-state index in [0.29, 0.717) is 0 Å². The van der Waals surface area contributed by atoms with E-state index in [0.717, 1.165) is 10.5 Å². The van der Waals surface area contributed by atoms with Gasteiger partial charge in [0, 0.05) is 4.90 Å². The van der Waals surface area contributed by atoms with E-state index in [1.54, 1.807) is 12.1 Å². The number of hydrogen-bond acceptors (Lipinski definition) is 4. The van der Waals surface area contributed by atoms with Crippen molar-refractivity contribution in [2.24, 2.45) is 0 Å². The average molecular weight is 404 g/mol. The molecule has 0 aromatic heterocycles. The second kappa shape index (κ2) is 8.32. The Morgan fingerprint density at radius 3 is 2.10 bits per heavy atom. The number of imide groups is 1. The minimum absolute atomic E-state index is 0.0879. The van der Waals surface area contributed by atoms with Crippen LogP contribution in [0.3, 0.4) is 0 Å². The number of carbonyl (C=O) groups excluding carboxylic acids is 2. The van der Waals surface area contributed by atoms with E-state index >= 15 is 0 Å². The molecule has 4 nitrogen and oxygen atoms in total. The van der Waals surface area contributed by atoms with Crippen molar-refractivity contribution >= 4 is 29.3 Å². The Bertz CT molecular complexity index is 1080. The van der Waals surface area contributed by atoms with E-state index in [1.807, 2.05) is 60.7 Å². The highest BCUT2D eigenvalue weighted by Crippen LogP contribution is 2.36. The summed E-state index contributed by atoms with van der Waals surface area (Å²) in [5.41, 5.74) is 1.08. The van der Waals surface area contributed by atoms with Crippen LogP contribution in [0.4, 0.5) is 10.1 Å². The summed E-state index contributed by atoms with van der Waals surface area (Å²) in [6.45, 7) is 0.153. The molecular weight excluding hydrogens is 387 g/mol.